The zero-order chi connectivity index (χ0) is 57.2. The third-order valence-electron chi connectivity index (χ3n) is 8.10. The fourth-order valence-corrected chi connectivity index (χ4v) is 5.03. The SMILES string of the molecule is CC(=O)[O-].CC(=O)[O-].CC(=O)[O-].O.O.O.O.O.O.O.O.O.O.O.[Ni+2].[Ni+2].[Ni+2].[Ni+2].[O-]C(O)(c1ccccn1)c1ccccn1.[O-]C(O)(c1ccccn1)c1ccccn1.[O-]C(O)(c1ccccn1)c1ccccn1.[O-]C(O)(c1ccccn1)c1ccccn1.[O-][Cl+2]([O-])[O-]. The summed E-state index contributed by atoms with van der Waals surface area (Å²) in [5, 5.41) is 114. The summed E-state index contributed by atoms with van der Waals surface area (Å²) in [6, 6.07) is 38.4. The minimum Gasteiger partial charge on any atom is -0.819 e. The third-order valence-corrected chi connectivity index (χ3v) is 8.10. The van der Waals surface area contributed by atoms with Gasteiger partial charge in [-0.3, -0.25) is 39.9 Å². The Bertz CT molecular complexity index is 2290. The van der Waals surface area contributed by atoms with E-state index >= 15 is 0 Å². The van der Waals surface area contributed by atoms with Gasteiger partial charge in [0.2, 0.25) is 0 Å². The monoisotopic (exact) mass is 1490 g/mol. The Hall–Kier alpha value is -7.01. The van der Waals surface area contributed by atoms with Crippen molar-refractivity contribution in [3.8, 4) is 0 Å². The standard InChI is InChI=1S/4C11H9N2O2.3C2H4O2.ClO3.4Ni.11H2O/c4*14-11(15,9-5-1-3-7-12-9)10-6-2-4-8-13-10;3*1-2(3)4;2-1(3)4;;;;;;;;;;;;;;;/h4*1-8,14H;3*1H3,(H,3,4);;;;;;11*1H2/q4*-1;;;;-1;4*+2;;;;;;;;;;;/p-3. The molecule has 0 atom stereocenters. The molecule has 522 valence electrons. The number of halogens is 1. The molecule has 8 heterocycles. The van der Waals surface area contributed by atoms with Crippen LogP contribution in [0.25, 0.3) is 0 Å². The molecule has 36 nitrogen and oxygen atoms in total. The van der Waals surface area contributed by atoms with Crippen LogP contribution in [0.15, 0.2) is 195 Å². The van der Waals surface area contributed by atoms with Gasteiger partial charge in [0, 0.05) is 67.5 Å². The molecule has 91 heavy (non-hydrogen) atoms. The second-order valence-electron chi connectivity index (χ2n) is 14.0. The van der Waals surface area contributed by atoms with Crippen LogP contribution in [0.2, 0.25) is 0 Å². The fraction of sp³-hybridized carbons (Fsp3) is 0.140. The second-order valence-corrected chi connectivity index (χ2v) is 14.3. The number of carboxylic acids is 3. The van der Waals surface area contributed by atoms with Gasteiger partial charge in [-0.25, -0.2) is 0 Å². The number of carbonyl (C=O) groups is 3. The molecule has 26 N–H and O–H groups in total. The van der Waals surface area contributed by atoms with Crippen molar-refractivity contribution in [1.82, 2.24) is 39.9 Å². The van der Waals surface area contributed by atoms with Crippen molar-refractivity contribution in [2.75, 3.05) is 0 Å². The molecule has 0 fully saturated rings. The molecule has 0 unspecified atom stereocenters. The molecular weight excluding hydrogens is 1430 g/mol. The summed E-state index contributed by atoms with van der Waals surface area (Å²) in [6.45, 7) is 2.92. The maximum Gasteiger partial charge on any atom is 2.00 e. The van der Waals surface area contributed by atoms with Crippen LogP contribution < -0.4 is 49.7 Å². The van der Waals surface area contributed by atoms with Crippen molar-refractivity contribution in [2.45, 2.75) is 43.9 Å². The number of nitrogens with zero attached hydrogens (tertiary/aromatic N) is 8. The summed E-state index contributed by atoms with van der Waals surface area (Å²) >= 11 is 0. The van der Waals surface area contributed by atoms with E-state index in [-0.39, 0.29) is 172 Å². The maximum atomic E-state index is 11.9. The smallest absolute Gasteiger partial charge is 0.819 e. The summed E-state index contributed by atoms with van der Waals surface area (Å²) < 4.78 is 25.2. The third kappa shape index (κ3) is 49.4. The van der Waals surface area contributed by atoms with Crippen LogP contribution in [0.3, 0.4) is 0 Å². The molecule has 0 bridgehead atoms. The van der Waals surface area contributed by atoms with E-state index in [2.05, 4.69) is 39.9 Å². The quantitative estimate of drug-likeness (QED) is 0.0810. The average molecular weight is 1500 g/mol. The van der Waals surface area contributed by atoms with Crippen LogP contribution in [0.4, 0.5) is 0 Å². The summed E-state index contributed by atoms with van der Waals surface area (Å²) in [6.07, 6.45) is 11.7. The summed E-state index contributed by atoms with van der Waals surface area (Å²) in [7, 11) is -2.85. The first-order valence-corrected chi connectivity index (χ1v) is 22.0. The first-order chi connectivity index (χ1) is 35.8. The van der Waals surface area contributed by atoms with Gasteiger partial charge >= 0.3 is 66.0 Å². The van der Waals surface area contributed by atoms with Gasteiger partial charge < -0.3 is 145 Å². The number of aliphatic hydroxyl groups is 4. The molecule has 0 aliphatic heterocycles. The topological polar surface area (TPSA) is 812 Å². The molecule has 0 spiro atoms. The molecule has 0 radical (unpaired) electrons. The Balaban J connectivity index is -0.0000000573. The molecule has 8 aromatic rings. The van der Waals surface area contributed by atoms with Crippen molar-refractivity contribution in [3.63, 3.8) is 0 Å². The molecule has 0 aromatic carbocycles. The van der Waals surface area contributed by atoms with E-state index in [9.17, 15) is 40.9 Å². The van der Waals surface area contributed by atoms with E-state index in [0.29, 0.717) is 0 Å². The van der Waals surface area contributed by atoms with Crippen LogP contribution in [0.1, 0.15) is 66.3 Å². The first-order valence-electron chi connectivity index (χ1n) is 21.1. The molecule has 0 saturated heterocycles. The summed E-state index contributed by atoms with van der Waals surface area (Å²) in [5.41, 5.74) is 0.361. The van der Waals surface area contributed by atoms with Crippen molar-refractivity contribution in [3.05, 3.63) is 241 Å². The number of carboxylic acid groups (broad SMARTS) is 3. The molecule has 8 rings (SSSR count). The molecule has 0 aliphatic carbocycles. The molecular formula is C50H67ClN8Ni4O28. The zero-order valence-electron chi connectivity index (χ0n) is 46.8. The van der Waals surface area contributed by atoms with Crippen molar-refractivity contribution in [2.24, 2.45) is 0 Å². The van der Waals surface area contributed by atoms with E-state index in [4.69, 9.17) is 43.7 Å². The van der Waals surface area contributed by atoms with Crippen LogP contribution in [-0.2, 0) is 103 Å². The van der Waals surface area contributed by atoms with Crippen LogP contribution >= 0.6 is 0 Å². The van der Waals surface area contributed by atoms with Gasteiger partial charge in [-0.1, -0.05) is 48.5 Å². The molecule has 0 aliphatic rings. The first kappa shape index (κ1) is 122. The van der Waals surface area contributed by atoms with E-state index in [1.807, 2.05) is 0 Å². The van der Waals surface area contributed by atoms with Crippen LogP contribution in [0.5, 0.6) is 0 Å². The Labute approximate surface area is 560 Å². The zero-order valence-corrected chi connectivity index (χ0v) is 51.5. The Kier molecular flexibility index (Phi) is 86.2. The van der Waals surface area contributed by atoms with Crippen molar-refractivity contribution in [1.29, 1.82) is 0 Å². The van der Waals surface area contributed by atoms with Gasteiger partial charge in [-0.05, 0) is 118 Å². The van der Waals surface area contributed by atoms with Gasteiger partial charge in [-0.2, -0.15) is 0 Å². The second kappa shape index (κ2) is 64.5. The number of carbonyl (C=O) groups excluding carboxylic acids is 3. The average Bonchev–Trinajstić information content (AvgIpc) is 3.40. The maximum absolute atomic E-state index is 11.9. The number of hydrogen-bond donors (Lipinski definition) is 4. The van der Waals surface area contributed by atoms with Crippen molar-refractivity contribution < 1.29 is 222 Å². The van der Waals surface area contributed by atoms with E-state index in [1.165, 1.54) is 98.1 Å². The van der Waals surface area contributed by atoms with Gasteiger partial charge in [0.1, 0.15) is 0 Å². The Morgan fingerprint density at radius 1 is 0.286 bits per heavy atom. The Morgan fingerprint density at radius 2 is 0.363 bits per heavy atom. The minimum atomic E-state index is -2.85. The number of aliphatic carboxylic acids is 3. The van der Waals surface area contributed by atoms with Gasteiger partial charge in [-0.15, -0.1) is 0 Å². The summed E-state index contributed by atoms with van der Waals surface area (Å²) in [5.74, 6) is -12.8. The minimum absolute atomic E-state index is 0. The predicted molar refractivity (Wildman–Crippen MR) is 278 cm³/mol. The van der Waals surface area contributed by atoms with E-state index < -0.39 is 51.8 Å². The van der Waals surface area contributed by atoms with E-state index in [1.54, 1.807) is 97.1 Å². The van der Waals surface area contributed by atoms with Crippen LogP contribution in [-0.4, -0.2) is 138 Å². The largest absolute Gasteiger partial charge is 2.00 e. The molecule has 0 amide bonds. The van der Waals surface area contributed by atoms with Crippen LogP contribution in [0, 0.1) is 10.8 Å². The predicted octanol–water partition coefficient (Wildman–Crippen LogP) is -16.3. The Morgan fingerprint density at radius 3 is 0.418 bits per heavy atom. The molecule has 0 saturated carbocycles. The summed E-state index contributed by atoms with van der Waals surface area (Å²) in [4.78, 5) is 57.3. The molecule has 8 aromatic heterocycles. The van der Waals surface area contributed by atoms with Gasteiger partial charge in [0.25, 0.3) is 0 Å². The number of hydrogen-bond acceptors (Lipinski definition) is 25. The number of pyridine rings is 8. The number of rotatable bonds is 8. The van der Waals surface area contributed by atoms with Gasteiger partial charge in [0.15, 0.2) is 0 Å². The van der Waals surface area contributed by atoms with E-state index in [0.717, 1.165) is 20.8 Å². The molecule has 41 heteroatoms. The fourth-order valence-electron chi connectivity index (χ4n) is 5.03. The normalized spacial score (nSPS) is 8.69. The number of aromatic nitrogens is 8. The van der Waals surface area contributed by atoms with Crippen molar-refractivity contribution >= 4 is 17.9 Å². The van der Waals surface area contributed by atoms with Gasteiger partial charge in [0.05, 0.1) is 79.5 Å².